The van der Waals surface area contributed by atoms with E-state index in [4.69, 9.17) is 21.1 Å². The minimum absolute atomic E-state index is 0.0725. The van der Waals surface area contributed by atoms with E-state index in [-0.39, 0.29) is 5.78 Å². The second kappa shape index (κ2) is 6.59. The summed E-state index contributed by atoms with van der Waals surface area (Å²) in [5.74, 6) is 1.21. The van der Waals surface area contributed by atoms with Gasteiger partial charge < -0.3 is 9.47 Å². The Morgan fingerprint density at radius 1 is 1.15 bits per heavy atom. The average Bonchev–Trinajstić information content (AvgIpc) is 2.91. The van der Waals surface area contributed by atoms with E-state index in [0.29, 0.717) is 20.7 Å². The molecule has 0 aliphatic carbocycles. The fourth-order valence-corrected chi connectivity index (χ4v) is 2.62. The first-order chi connectivity index (χ1) is 9.63. The molecule has 104 valence electrons. The van der Waals surface area contributed by atoms with E-state index in [1.54, 1.807) is 38.5 Å². The lowest BCUT2D eigenvalue weighted by atomic mass is 10.1. The Kier molecular flexibility index (Phi) is 4.82. The van der Waals surface area contributed by atoms with Gasteiger partial charge in [0.2, 0.25) is 0 Å². The van der Waals surface area contributed by atoms with Gasteiger partial charge >= 0.3 is 0 Å². The van der Waals surface area contributed by atoms with Gasteiger partial charge in [-0.2, -0.15) is 0 Å². The summed E-state index contributed by atoms with van der Waals surface area (Å²) in [7, 11) is 3.15. The number of carbonyl (C=O) groups excluding carboxylic acids is 1. The van der Waals surface area contributed by atoms with E-state index in [9.17, 15) is 4.79 Å². The van der Waals surface area contributed by atoms with Gasteiger partial charge in [-0.3, -0.25) is 4.79 Å². The Balaban J connectivity index is 2.17. The summed E-state index contributed by atoms with van der Waals surface area (Å²) in [5.41, 5.74) is 0.860. The number of thiophene rings is 1. The molecular formula is C15H13ClO3S. The number of hydrogen-bond donors (Lipinski definition) is 0. The van der Waals surface area contributed by atoms with E-state index < -0.39 is 0 Å². The van der Waals surface area contributed by atoms with Crippen LogP contribution in [0.15, 0.2) is 36.4 Å². The molecule has 0 unspecified atom stereocenters. The molecule has 0 N–H and O–H groups in total. The van der Waals surface area contributed by atoms with Gasteiger partial charge in [-0.25, -0.2) is 0 Å². The first-order valence-corrected chi connectivity index (χ1v) is 7.03. The van der Waals surface area contributed by atoms with Crippen molar-refractivity contribution in [3.63, 3.8) is 0 Å². The average molecular weight is 309 g/mol. The highest BCUT2D eigenvalue weighted by Gasteiger charge is 2.06. The van der Waals surface area contributed by atoms with Crippen molar-refractivity contribution in [2.75, 3.05) is 14.2 Å². The first-order valence-electron chi connectivity index (χ1n) is 5.84. The molecular weight excluding hydrogens is 296 g/mol. The van der Waals surface area contributed by atoms with E-state index in [2.05, 4.69) is 0 Å². The highest BCUT2D eigenvalue weighted by molar-refractivity contribution is 7.18. The lowest BCUT2D eigenvalue weighted by molar-refractivity contribution is 0.105. The summed E-state index contributed by atoms with van der Waals surface area (Å²) < 4.78 is 11.0. The Bertz CT molecular complexity index is 646. The maximum atomic E-state index is 11.9. The van der Waals surface area contributed by atoms with Gasteiger partial charge in [-0.15, -0.1) is 11.3 Å². The third-order valence-corrected chi connectivity index (χ3v) is 3.90. The maximum Gasteiger partial charge on any atom is 0.195 e. The van der Waals surface area contributed by atoms with Crippen LogP contribution in [0.1, 0.15) is 15.2 Å². The molecule has 20 heavy (non-hydrogen) atoms. The molecule has 0 spiro atoms. The molecule has 0 atom stereocenters. The normalized spacial score (nSPS) is 10.8. The van der Waals surface area contributed by atoms with Crippen LogP contribution in [-0.2, 0) is 0 Å². The number of methoxy groups -OCH3 is 2. The molecule has 0 radical (unpaired) electrons. The third kappa shape index (κ3) is 3.40. The van der Waals surface area contributed by atoms with Crippen LogP contribution in [0.2, 0.25) is 4.34 Å². The van der Waals surface area contributed by atoms with Gasteiger partial charge in [0, 0.05) is 0 Å². The van der Waals surface area contributed by atoms with Crippen LogP contribution in [0.3, 0.4) is 0 Å². The maximum absolute atomic E-state index is 11.9. The summed E-state index contributed by atoms with van der Waals surface area (Å²) in [6.07, 6.45) is 3.25. The summed E-state index contributed by atoms with van der Waals surface area (Å²) in [4.78, 5) is 12.5. The van der Waals surface area contributed by atoms with Crippen LogP contribution in [-0.4, -0.2) is 20.0 Å². The summed E-state index contributed by atoms with van der Waals surface area (Å²) in [6.45, 7) is 0. The van der Waals surface area contributed by atoms with E-state index >= 15 is 0 Å². The Labute approximate surface area is 126 Å². The fraction of sp³-hybridized carbons (Fsp3) is 0.133. The van der Waals surface area contributed by atoms with Gasteiger partial charge in [0.1, 0.15) is 0 Å². The highest BCUT2D eigenvalue weighted by atomic mass is 35.5. The van der Waals surface area contributed by atoms with Gasteiger partial charge in [-0.05, 0) is 35.9 Å². The monoisotopic (exact) mass is 308 g/mol. The minimum Gasteiger partial charge on any atom is -0.493 e. The third-order valence-electron chi connectivity index (χ3n) is 2.65. The lowest BCUT2D eigenvalue weighted by Gasteiger charge is -2.07. The van der Waals surface area contributed by atoms with Crippen LogP contribution in [0.4, 0.5) is 0 Å². The minimum atomic E-state index is -0.0725. The number of ketones is 1. The number of ether oxygens (including phenoxy) is 2. The van der Waals surface area contributed by atoms with Gasteiger partial charge in [0.05, 0.1) is 23.4 Å². The highest BCUT2D eigenvalue weighted by Crippen LogP contribution is 2.28. The molecule has 1 aromatic carbocycles. The molecule has 0 fully saturated rings. The SMILES string of the molecule is COc1ccc(/C=C/C(=O)c2ccc(Cl)s2)cc1OC. The molecule has 0 aliphatic heterocycles. The topological polar surface area (TPSA) is 35.5 Å². The Morgan fingerprint density at radius 2 is 1.90 bits per heavy atom. The van der Waals surface area contributed by atoms with Gasteiger partial charge in [0.15, 0.2) is 17.3 Å². The molecule has 1 heterocycles. The summed E-state index contributed by atoms with van der Waals surface area (Å²) >= 11 is 7.07. The standard InChI is InChI=1S/C15H13ClO3S/c1-18-12-6-4-10(9-13(12)19-2)3-5-11(17)14-7-8-15(16)20-14/h3-9H,1-2H3/b5-3+. The summed E-state index contributed by atoms with van der Waals surface area (Å²) in [5, 5.41) is 0. The Hall–Kier alpha value is -1.78. The molecule has 0 saturated carbocycles. The van der Waals surface area contributed by atoms with Crippen molar-refractivity contribution in [3.8, 4) is 11.5 Å². The van der Waals surface area contributed by atoms with E-state index in [1.807, 2.05) is 12.1 Å². The second-order valence-electron chi connectivity index (χ2n) is 3.92. The zero-order valence-electron chi connectivity index (χ0n) is 11.1. The van der Waals surface area contributed by atoms with Crippen molar-refractivity contribution in [1.82, 2.24) is 0 Å². The number of hydrogen-bond acceptors (Lipinski definition) is 4. The van der Waals surface area contributed by atoms with E-state index in [1.165, 1.54) is 17.4 Å². The van der Waals surface area contributed by atoms with Gasteiger partial charge in [0.25, 0.3) is 0 Å². The molecule has 2 rings (SSSR count). The van der Waals surface area contributed by atoms with Crippen molar-refractivity contribution in [2.45, 2.75) is 0 Å². The van der Waals surface area contributed by atoms with Crippen LogP contribution in [0.25, 0.3) is 6.08 Å². The number of allylic oxidation sites excluding steroid dienone is 1. The number of benzene rings is 1. The van der Waals surface area contributed by atoms with Crippen LogP contribution in [0, 0.1) is 0 Å². The lowest BCUT2D eigenvalue weighted by Crippen LogP contribution is -1.91. The van der Waals surface area contributed by atoms with Crippen molar-refractivity contribution < 1.29 is 14.3 Å². The number of carbonyl (C=O) groups is 1. The predicted molar refractivity (Wildman–Crippen MR) is 82.2 cm³/mol. The summed E-state index contributed by atoms with van der Waals surface area (Å²) in [6, 6.07) is 8.89. The van der Waals surface area contributed by atoms with Crippen molar-refractivity contribution >= 4 is 34.8 Å². The van der Waals surface area contributed by atoms with Crippen LogP contribution < -0.4 is 9.47 Å². The number of halogens is 1. The number of rotatable bonds is 5. The van der Waals surface area contributed by atoms with E-state index in [0.717, 1.165) is 5.56 Å². The van der Waals surface area contributed by atoms with Crippen LogP contribution >= 0.6 is 22.9 Å². The molecule has 3 nitrogen and oxygen atoms in total. The molecule has 1 aromatic heterocycles. The van der Waals surface area contributed by atoms with Crippen molar-refractivity contribution in [1.29, 1.82) is 0 Å². The first kappa shape index (κ1) is 14.6. The van der Waals surface area contributed by atoms with Crippen molar-refractivity contribution in [3.05, 3.63) is 51.2 Å². The molecule has 5 heteroatoms. The smallest absolute Gasteiger partial charge is 0.195 e. The largest absolute Gasteiger partial charge is 0.493 e. The molecule has 0 saturated heterocycles. The zero-order valence-corrected chi connectivity index (χ0v) is 12.6. The zero-order chi connectivity index (χ0) is 14.5. The Morgan fingerprint density at radius 3 is 2.50 bits per heavy atom. The second-order valence-corrected chi connectivity index (χ2v) is 5.63. The predicted octanol–water partition coefficient (Wildman–Crippen LogP) is 4.31. The van der Waals surface area contributed by atoms with Crippen molar-refractivity contribution in [2.24, 2.45) is 0 Å². The quantitative estimate of drug-likeness (QED) is 0.610. The fourth-order valence-electron chi connectivity index (χ4n) is 1.66. The molecule has 0 aliphatic rings. The van der Waals surface area contributed by atoms with Crippen LogP contribution in [0.5, 0.6) is 11.5 Å². The molecule has 0 amide bonds. The molecule has 2 aromatic rings. The molecule has 0 bridgehead atoms. The van der Waals surface area contributed by atoms with Gasteiger partial charge in [-0.1, -0.05) is 23.7 Å².